The molecule has 0 bridgehead atoms. The summed E-state index contributed by atoms with van der Waals surface area (Å²) in [5.41, 5.74) is -0.141. The number of nitrogens with one attached hydrogen (secondary N) is 2. The number of rotatable bonds is 2. The van der Waals surface area contributed by atoms with Crippen LogP contribution in [0.2, 0.25) is 0 Å². The molecule has 0 aliphatic heterocycles. The van der Waals surface area contributed by atoms with Gasteiger partial charge in [0.2, 0.25) is 0 Å². The van der Waals surface area contributed by atoms with E-state index in [2.05, 4.69) is 10.6 Å². The first-order valence-corrected chi connectivity index (χ1v) is 8.46. The van der Waals surface area contributed by atoms with Crippen LogP contribution in [-0.2, 0) is 9.47 Å². The van der Waals surface area contributed by atoms with Gasteiger partial charge in [-0.15, -0.1) is 0 Å². The van der Waals surface area contributed by atoms with Crippen LogP contribution in [0, 0.1) is 0 Å². The highest BCUT2D eigenvalue weighted by Gasteiger charge is 2.19. The predicted molar refractivity (Wildman–Crippen MR) is 104 cm³/mol. The molecule has 140 valence electrons. The summed E-state index contributed by atoms with van der Waals surface area (Å²) < 4.78 is 10.6. The number of fused-ring (bicyclic) bond motifs is 1. The molecule has 0 atom stereocenters. The van der Waals surface area contributed by atoms with E-state index in [4.69, 9.17) is 9.47 Å². The third-order valence-corrected chi connectivity index (χ3v) is 3.14. The maximum atomic E-state index is 12.1. The SMILES string of the molecule is CC(C)(C)OC(=O)Nc1cc(NC(=O)OC(C)(C)C)c2ccccc2c1. The van der Waals surface area contributed by atoms with Gasteiger partial charge >= 0.3 is 12.2 Å². The first kappa shape index (κ1) is 19.6. The molecule has 2 rings (SSSR count). The van der Waals surface area contributed by atoms with Gasteiger partial charge in [-0.05, 0) is 59.1 Å². The molecule has 26 heavy (non-hydrogen) atoms. The van der Waals surface area contributed by atoms with E-state index in [1.54, 1.807) is 47.6 Å². The van der Waals surface area contributed by atoms with Crippen LogP contribution in [0.1, 0.15) is 41.5 Å². The highest BCUT2D eigenvalue weighted by atomic mass is 16.6. The average Bonchev–Trinajstić information content (AvgIpc) is 2.42. The van der Waals surface area contributed by atoms with Gasteiger partial charge in [-0.1, -0.05) is 24.3 Å². The topological polar surface area (TPSA) is 76.7 Å². The fourth-order valence-electron chi connectivity index (χ4n) is 2.32. The zero-order valence-corrected chi connectivity index (χ0v) is 16.1. The number of hydrogen-bond donors (Lipinski definition) is 2. The third-order valence-electron chi connectivity index (χ3n) is 3.14. The number of carbonyl (C=O) groups excluding carboxylic acids is 2. The second kappa shape index (κ2) is 7.23. The highest BCUT2D eigenvalue weighted by Crippen LogP contribution is 2.29. The molecule has 2 amide bonds. The van der Waals surface area contributed by atoms with Gasteiger partial charge in [0.15, 0.2) is 0 Å². The molecule has 6 heteroatoms. The van der Waals surface area contributed by atoms with Crippen LogP contribution in [0.4, 0.5) is 21.0 Å². The average molecular weight is 358 g/mol. The summed E-state index contributed by atoms with van der Waals surface area (Å²) in [6.45, 7) is 10.8. The van der Waals surface area contributed by atoms with E-state index in [1.165, 1.54) is 0 Å². The van der Waals surface area contributed by atoms with Crippen LogP contribution in [0.5, 0.6) is 0 Å². The van der Waals surface area contributed by atoms with Gasteiger partial charge in [0.25, 0.3) is 0 Å². The summed E-state index contributed by atoms with van der Waals surface area (Å²) in [5.74, 6) is 0. The minimum absolute atomic E-state index is 0.518. The van der Waals surface area contributed by atoms with Crippen molar-refractivity contribution < 1.29 is 19.1 Å². The quantitative estimate of drug-likeness (QED) is 0.739. The molecular formula is C20H26N2O4. The van der Waals surface area contributed by atoms with Crippen molar-refractivity contribution in [3.05, 3.63) is 36.4 Å². The molecule has 2 aromatic rings. The summed E-state index contributed by atoms with van der Waals surface area (Å²) >= 11 is 0. The molecule has 2 aromatic carbocycles. The van der Waals surface area contributed by atoms with E-state index in [1.807, 2.05) is 30.3 Å². The number of amides is 2. The fourth-order valence-corrected chi connectivity index (χ4v) is 2.32. The number of carbonyl (C=O) groups is 2. The van der Waals surface area contributed by atoms with Crippen LogP contribution < -0.4 is 10.6 Å². The van der Waals surface area contributed by atoms with Crippen molar-refractivity contribution in [1.29, 1.82) is 0 Å². The maximum absolute atomic E-state index is 12.1. The van der Waals surface area contributed by atoms with E-state index >= 15 is 0 Å². The standard InChI is InChI=1S/C20H26N2O4/c1-19(2,3)25-17(23)21-14-11-13-9-7-8-10-15(13)16(12-14)22-18(24)26-20(4,5)6/h7-12H,1-6H3,(H,21,23)(H,22,24). The molecule has 2 N–H and O–H groups in total. The molecular weight excluding hydrogens is 332 g/mol. The molecule has 0 aromatic heterocycles. The molecule has 0 aliphatic carbocycles. The first-order valence-electron chi connectivity index (χ1n) is 8.46. The molecule has 0 fully saturated rings. The largest absolute Gasteiger partial charge is 0.444 e. The Labute approximate surface area is 153 Å². The zero-order chi connectivity index (χ0) is 19.5. The van der Waals surface area contributed by atoms with E-state index in [-0.39, 0.29) is 0 Å². The molecule has 0 saturated heterocycles. The van der Waals surface area contributed by atoms with Crippen molar-refractivity contribution in [3.8, 4) is 0 Å². The van der Waals surface area contributed by atoms with E-state index in [0.29, 0.717) is 11.4 Å². The smallest absolute Gasteiger partial charge is 0.412 e. The van der Waals surface area contributed by atoms with E-state index in [0.717, 1.165) is 10.8 Å². The summed E-state index contributed by atoms with van der Waals surface area (Å²) in [5, 5.41) is 7.16. The lowest BCUT2D eigenvalue weighted by molar-refractivity contribution is 0.0625. The van der Waals surface area contributed by atoms with Crippen molar-refractivity contribution in [2.75, 3.05) is 10.6 Å². The van der Waals surface area contributed by atoms with Crippen LogP contribution in [0.25, 0.3) is 10.8 Å². The molecule has 0 aliphatic rings. The van der Waals surface area contributed by atoms with Gasteiger partial charge in [0, 0.05) is 11.1 Å². The van der Waals surface area contributed by atoms with Crippen LogP contribution >= 0.6 is 0 Å². The number of ether oxygens (including phenoxy) is 2. The van der Waals surface area contributed by atoms with Gasteiger partial charge in [-0.25, -0.2) is 9.59 Å². The molecule has 6 nitrogen and oxygen atoms in total. The lowest BCUT2D eigenvalue weighted by Crippen LogP contribution is -2.28. The minimum Gasteiger partial charge on any atom is -0.444 e. The Bertz CT molecular complexity index is 817. The van der Waals surface area contributed by atoms with Gasteiger partial charge in [-0.2, -0.15) is 0 Å². The Kier molecular flexibility index (Phi) is 5.44. The summed E-state index contributed by atoms with van der Waals surface area (Å²) in [6.07, 6.45) is -1.12. The highest BCUT2D eigenvalue weighted by molar-refractivity contribution is 6.03. The maximum Gasteiger partial charge on any atom is 0.412 e. The van der Waals surface area contributed by atoms with Crippen molar-refractivity contribution in [3.63, 3.8) is 0 Å². The molecule has 0 saturated carbocycles. The molecule has 0 spiro atoms. The normalized spacial score (nSPS) is 11.8. The number of benzene rings is 2. The number of hydrogen-bond acceptors (Lipinski definition) is 4. The van der Waals surface area contributed by atoms with Crippen molar-refractivity contribution in [2.45, 2.75) is 52.7 Å². The number of anilines is 2. The van der Waals surface area contributed by atoms with Crippen LogP contribution in [0.15, 0.2) is 36.4 Å². The second-order valence-electron chi connectivity index (χ2n) is 8.00. The predicted octanol–water partition coefficient (Wildman–Crippen LogP) is 5.53. The summed E-state index contributed by atoms with van der Waals surface area (Å²) in [6, 6.07) is 11.0. The van der Waals surface area contributed by atoms with Gasteiger partial charge in [0.1, 0.15) is 11.2 Å². The third kappa shape index (κ3) is 5.95. The Balaban J connectivity index is 2.30. The van der Waals surface area contributed by atoms with E-state index < -0.39 is 23.4 Å². The Morgan fingerprint density at radius 1 is 0.808 bits per heavy atom. The lowest BCUT2D eigenvalue weighted by Gasteiger charge is -2.21. The summed E-state index contributed by atoms with van der Waals surface area (Å²) in [4.78, 5) is 24.2. The van der Waals surface area contributed by atoms with Crippen molar-refractivity contribution in [2.24, 2.45) is 0 Å². The Hall–Kier alpha value is -2.76. The lowest BCUT2D eigenvalue weighted by atomic mass is 10.1. The minimum atomic E-state index is -0.605. The fraction of sp³-hybridized carbons (Fsp3) is 0.400. The van der Waals surface area contributed by atoms with E-state index in [9.17, 15) is 9.59 Å². The monoisotopic (exact) mass is 358 g/mol. The Morgan fingerprint density at radius 2 is 1.35 bits per heavy atom. The van der Waals surface area contributed by atoms with Crippen LogP contribution in [0.3, 0.4) is 0 Å². The van der Waals surface area contributed by atoms with Crippen LogP contribution in [-0.4, -0.2) is 23.4 Å². The second-order valence-corrected chi connectivity index (χ2v) is 8.00. The molecule has 0 heterocycles. The van der Waals surface area contributed by atoms with Gasteiger partial charge in [-0.3, -0.25) is 10.6 Å². The molecule has 0 unspecified atom stereocenters. The zero-order valence-electron chi connectivity index (χ0n) is 16.1. The van der Waals surface area contributed by atoms with Crippen molar-refractivity contribution in [1.82, 2.24) is 0 Å². The molecule has 0 radical (unpaired) electrons. The summed E-state index contributed by atoms with van der Waals surface area (Å²) in [7, 11) is 0. The van der Waals surface area contributed by atoms with Crippen molar-refractivity contribution >= 4 is 34.3 Å². The first-order chi connectivity index (χ1) is 11.9. The Morgan fingerprint density at radius 3 is 1.92 bits per heavy atom. The van der Waals surface area contributed by atoms with Gasteiger partial charge < -0.3 is 9.47 Å². The van der Waals surface area contributed by atoms with Gasteiger partial charge in [0.05, 0.1) is 5.69 Å².